The smallest absolute Gasteiger partial charge is 0.317 e. The number of halogens is 3. The SMILES string of the molecule is O=C(NN=Cc1ccccc1C(F)(F)F)C(=O)Nc1cccc2ccccc12. The van der Waals surface area contributed by atoms with Gasteiger partial charge in [-0.1, -0.05) is 54.6 Å². The van der Waals surface area contributed by atoms with E-state index >= 15 is 0 Å². The number of hydrazone groups is 1. The number of nitrogens with zero attached hydrogens (tertiary/aromatic N) is 1. The molecule has 0 aromatic heterocycles. The fourth-order valence-electron chi connectivity index (χ4n) is 2.59. The quantitative estimate of drug-likeness (QED) is 0.407. The van der Waals surface area contributed by atoms with Gasteiger partial charge in [0.25, 0.3) is 0 Å². The zero-order chi connectivity index (χ0) is 20.1. The third-order valence-corrected chi connectivity index (χ3v) is 3.88. The van der Waals surface area contributed by atoms with Gasteiger partial charge in [-0.2, -0.15) is 18.3 Å². The van der Waals surface area contributed by atoms with Crippen molar-refractivity contribution in [3.8, 4) is 0 Å². The van der Waals surface area contributed by atoms with Crippen molar-refractivity contribution < 1.29 is 22.8 Å². The van der Waals surface area contributed by atoms with E-state index in [2.05, 4.69) is 10.4 Å². The van der Waals surface area contributed by atoms with Gasteiger partial charge in [-0.05, 0) is 17.5 Å². The Morgan fingerprint density at radius 3 is 2.32 bits per heavy atom. The highest BCUT2D eigenvalue weighted by Gasteiger charge is 2.32. The molecule has 0 bridgehead atoms. The van der Waals surface area contributed by atoms with Crippen LogP contribution >= 0.6 is 0 Å². The van der Waals surface area contributed by atoms with E-state index in [-0.39, 0.29) is 5.56 Å². The maximum absolute atomic E-state index is 12.9. The van der Waals surface area contributed by atoms with Crippen LogP contribution in [-0.2, 0) is 15.8 Å². The van der Waals surface area contributed by atoms with E-state index in [0.717, 1.165) is 23.1 Å². The molecule has 0 atom stereocenters. The van der Waals surface area contributed by atoms with Crippen LogP contribution in [0.4, 0.5) is 18.9 Å². The van der Waals surface area contributed by atoms with Gasteiger partial charge in [-0.15, -0.1) is 0 Å². The Morgan fingerprint density at radius 1 is 0.857 bits per heavy atom. The van der Waals surface area contributed by atoms with Crippen molar-refractivity contribution in [2.45, 2.75) is 6.18 Å². The zero-order valence-corrected chi connectivity index (χ0v) is 14.3. The second kappa shape index (κ2) is 7.91. The van der Waals surface area contributed by atoms with Gasteiger partial charge < -0.3 is 5.32 Å². The molecule has 0 saturated heterocycles. The normalized spacial score (nSPS) is 11.5. The lowest BCUT2D eigenvalue weighted by Gasteiger charge is -2.09. The number of amides is 2. The van der Waals surface area contributed by atoms with E-state index in [1.54, 1.807) is 24.3 Å². The predicted molar refractivity (Wildman–Crippen MR) is 99.8 cm³/mol. The molecule has 3 aromatic rings. The molecule has 0 aliphatic heterocycles. The maximum Gasteiger partial charge on any atom is 0.417 e. The standard InChI is InChI=1S/C20H14F3N3O2/c21-20(22,23)16-10-4-2-7-14(16)12-24-26-19(28)18(27)25-17-11-5-8-13-6-1-3-9-15(13)17/h1-12H,(H,25,27)(H,26,28). The van der Waals surface area contributed by atoms with Crippen LogP contribution in [0.15, 0.2) is 71.8 Å². The third kappa shape index (κ3) is 4.35. The average molecular weight is 385 g/mol. The van der Waals surface area contributed by atoms with Crippen LogP contribution in [0.5, 0.6) is 0 Å². The first-order valence-corrected chi connectivity index (χ1v) is 8.14. The lowest BCUT2D eigenvalue weighted by molar-refractivity contribution is -0.137. The molecule has 142 valence electrons. The van der Waals surface area contributed by atoms with E-state index in [0.29, 0.717) is 5.69 Å². The summed E-state index contributed by atoms with van der Waals surface area (Å²) in [4.78, 5) is 23.9. The molecule has 5 nitrogen and oxygen atoms in total. The molecule has 28 heavy (non-hydrogen) atoms. The molecule has 0 radical (unpaired) electrons. The largest absolute Gasteiger partial charge is 0.417 e. The second-order valence-electron chi connectivity index (χ2n) is 5.76. The predicted octanol–water partition coefficient (Wildman–Crippen LogP) is 3.95. The molecular weight excluding hydrogens is 371 g/mol. The highest BCUT2D eigenvalue weighted by molar-refractivity contribution is 6.40. The fourth-order valence-corrected chi connectivity index (χ4v) is 2.59. The van der Waals surface area contributed by atoms with E-state index in [4.69, 9.17) is 0 Å². The van der Waals surface area contributed by atoms with Crippen molar-refractivity contribution in [1.82, 2.24) is 5.43 Å². The van der Waals surface area contributed by atoms with E-state index in [1.807, 2.05) is 23.6 Å². The number of hydrogen-bond acceptors (Lipinski definition) is 3. The van der Waals surface area contributed by atoms with Crippen LogP contribution in [0.25, 0.3) is 10.8 Å². The molecule has 8 heteroatoms. The summed E-state index contributed by atoms with van der Waals surface area (Å²) in [6, 6.07) is 17.2. The third-order valence-electron chi connectivity index (χ3n) is 3.88. The van der Waals surface area contributed by atoms with Crippen LogP contribution in [0.1, 0.15) is 11.1 Å². The Kier molecular flexibility index (Phi) is 5.39. The minimum Gasteiger partial charge on any atom is -0.317 e. The Labute approximate surface area is 157 Å². The summed E-state index contributed by atoms with van der Waals surface area (Å²) in [6.07, 6.45) is -3.72. The molecule has 0 fully saturated rings. The molecule has 0 heterocycles. The molecule has 2 N–H and O–H groups in total. The van der Waals surface area contributed by atoms with Crippen molar-refractivity contribution in [1.29, 1.82) is 0 Å². The molecule has 0 aliphatic rings. The van der Waals surface area contributed by atoms with Crippen LogP contribution < -0.4 is 10.7 Å². The number of nitrogens with one attached hydrogen (secondary N) is 2. The summed E-state index contributed by atoms with van der Waals surface area (Å²) in [5, 5.41) is 7.54. The summed E-state index contributed by atoms with van der Waals surface area (Å²) in [5.41, 5.74) is 1.24. The minimum absolute atomic E-state index is 0.232. The zero-order valence-electron chi connectivity index (χ0n) is 14.3. The molecular formula is C20H14F3N3O2. The van der Waals surface area contributed by atoms with Crippen molar-refractivity contribution in [3.05, 3.63) is 77.9 Å². The summed E-state index contributed by atoms with van der Waals surface area (Å²) < 4.78 is 38.8. The molecule has 0 saturated carbocycles. The molecule has 2 amide bonds. The van der Waals surface area contributed by atoms with Crippen LogP contribution in [0.2, 0.25) is 0 Å². The lowest BCUT2D eigenvalue weighted by atomic mass is 10.1. The summed E-state index contributed by atoms with van der Waals surface area (Å²) in [7, 11) is 0. The number of anilines is 1. The Balaban J connectivity index is 1.69. The van der Waals surface area contributed by atoms with Gasteiger partial charge in [-0.3, -0.25) is 9.59 Å². The molecule has 3 aromatic carbocycles. The van der Waals surface area contributed by atoms with E-state index in [9.17, 15) is 22.8 Å². The van der Waals surface area contributed by atoms with Crippen LogP contribution in [0.3, 0.4) is 0 Å². The van der Waals surface area contributed by atoms with E-state index in [1.165, 1.54) is 18.2 Å². The molecule has 0 aliphatic carbocycles. The second-order valence-corrected chi connectivity index (χ2v) is 5.76. The Morgan fingerprint density at radius 2 is 1.54 bits per heavy atom. The lowest BCUT2D eigenvalue weighted by Crippen LogP contribution is -2.32. The van der Waals surface area contributed by atoms with Crippen molar-refractivity contribution in [2.24, 2.45) is 5.10 Å². The number of fused-ring (bicyclic) bond motifs is 1. The van der Waals surface area contributed by atoms with Crippen molar-refractivity contribution in [2.75, 3.05) is 5.32 Å². The van der Waals surface area contributed by atoms with E-state index < -0.39 is 23.6 Å². The number of carbonyl (C=O) groups is 2. The summed E-state index contributed by atoms with van der Waals surface area (Å²) in [6.45, 7) is 0. The molecule has 3 rings (SSSR count). The first-order valence-electron chi connectivity index (χ1n) is 8.14. The number of alkyl halides is 3. The minimum atomic E-state index is -4.56. The average Bonchev–Trinajstić information content (AvgIpc) is 2.67. The van der Waals surface area contributed by atoms with Crippen LogP contribution in [0, 0.1) is 0 Å². The Hall–Kier alpha value is -3.68. The highest BCUT2D eigenvalue weighted by Crippen LogP contribution is 2.31. The van der Waals surface area contributed by atoms with Gasteiger partial charge in [0, 0.05) is 16.6 Å². The summed E-state index contributed by atoms with van der Waals surface area (Å²) >= 11 is 0. The van der Waals surface area contributed by atoms with Crippen LogP contribution in [-0.4, -0.2) is 18.0 Å². The van der Waals surface area contributed by atoms with Crippen molar-refractivity contribution >= 4 is 34.5 Å². The van der Waals surface area contributed by atoms with Gasteiger partial charge >= 0.3 is 18.0 Å². The first kappa shape index (κ1) is 19.1. The number of carbonyl (C=O) groups excluding carboxylic acids is 2. The van der Waals surface area contributed by atoms with Gasteiger partial charge in [0.2, 0.25) is 0 Å². The Bertz CT molecular complexity index is 1060. The maximum atomic E-state index is 12.9. The monoisotopic (exact) mass is 385 g/mol. The van der Waals surface area contributed by atoms with Crippen molar-refractivity contribution in [3.63, 3.8) is 0 Å². The van der Waals surface area contributed by atoms with Gasteiger partial charge in [-0.25, -0.2) is 5.43 Å². The van der Waals surface area contributed by atoms with Gasteiger partial charge in [0.15, 0.2) is 0 Å². The molecule has 0 spiro atoms. The highest BCUT2D eigenvalue weighted by atomic mass is 19.4. The topological polar surface area (TPSA) is 70.6 Å². The van der Waals surface area contributed by atoms with Gasteiger partial charge in [0.05, 0.1) is 11.8 Å². The van der Waals surface area contributed by atoms with Gasteiger partial charge in [0.1, 0.15) is 0 Å². The first-order chi connectivity index (χ1) is 13.4. The number of rotatable bonds is 3. The molecule has 0 unspecified atom stereocenters. The number of hydrogen-bond donors (Lipinski definition) is 2. The number of benzene rings is 3. The summed E-state index contributed by atoms with van der Waals surface area (Å²) in [5.74, 6) is -2.09. The fraction of sp³-hybridized carbons (Fsp3) is 0.0500.